The number of aromatic nitrogens is 3. The number of allylic oxidation sites excluding steroid dienone is 8. The molecule has 4 heteroatoms. The van der Waals surface area contributed by atoms with Crippen molar-refractivity contribution >= 4 is 38.7 Å². The van der Waals surface area contributed by atoms with Crippen LogP contribution in [0, 0.1) is 0 Å². The standard InChI is InChI=1S/C45H38N4/c1-3-17-32(18-4-1)48-40-27-12-8-23-36(40)43-35-22-7-11-26-39(35)47(41-28-13-9-24-37(41)44(43)48)34-21-15-16-31(30-34)45-46-38-25-10-14-29-42(38)49(45)33-19-5-2-6-20-33/h1-6,8-10,12,14-20,23-25,27,29-30,34H,7,11,13,21-22,26,28H2. The average molecular weight is 635 g/mol. The molecule has 0 saturated heterocycles. The SMILES string of the molecule is C1=CC2=C(CC1)N(C1C=C(c3nc4ccccc4n3-c3ccccc3)C=CC1)C1=C(CCCC1)c1c2n(-c2ccccc2)c2ccccc12. The fraction of sp³-hybridized carbons (Fsp3) is 0.178. The van der Waals surface area contributed by atoms with Crippen molar-refractivity contribution < 1.29 is 0 Å². The van der Waals surface area contributed by atoms with Gasteiger partial charge in [0, 0.05) is 44.9 Å². The molecule has 1 unspecified atom stereocenters. The number of hydrogen-bond donors (Lipinski definition) is 0. The molecule has 6 aromatic rings. The Hall–Kier alpha value is -5.61. The topological polar surface area (TPSA) is 26.0 Å². The summed E-state index contributed by atoms with van der Waals surface area (Å²) in [7, 11) is 0. The molecule has 1 aliphatic heterocycles. The van der Waals surface area contributed by atoms with Crippen LogP contribution in [0.5, 0.6) is 0 Å². The Morgan fingerprint density at radius 1 is 0.612 bits per heavy atom. The third kappa shape index (κ3) is 4.47. The predicted octanol–water partition coefficient (Wildman–Crippen LogP) is 11.0. The summed E-state index contributed by atoms with van der Waals surface area (Å²) in [6.45, 7) is 0. The molecule has 0 radical (unpaired) electrons. The zero-order chi connectivity index (χ0) is 32.3. The van der Waals surface area contributed by atoms with Gasteiger partial charge in [0.05, 0.1) is 28.3 Å². The Morgan fingerprint density at radius 2 is 1.33 bits per heavy atom. The number of imidazole rings is 1. The molecule has 1 atom stereocenters. The highest BCUT2D eigenvalue weighted by atomic mass is 15.2. The normalized spacial score (nSPS) is 18.8. The van der Waals surface area contributed by atoms with E-state index in [1.165, 1.54) is 68.8 Å². The zero-order valence-corrected chi connectivity index (χ0v) is 27.6. The summed E-state index contributed by atoms with van der Waals surface area (Å²) in [5.41, 5.74) is 15.7. The van der Waals surface area contributed by atoms with Crippen molar-refractivity contribution in [1.29, 1.82) is 0 Å². The lowest BCUT2D eigenvalue weighted by Gasteiger charge is -2.40. The van der Waals surface area contributed by atoms with Crippen molar-refractivity contribution in [3.05, 3.63) is 168 Å². The number of nitrogens with zero attached hydrogens (tertiary/aromatic N) is 4. The van der Waals surface area contributed by atoms with E-state index in [-0.39, 0.29) is 6.04 Å². The van der Waals surface area contributed by atoms with Gasteiger partial charge in [0.15, 0.2) is 0 Å². The summed E-state index contributed by atoms with van der Waals surface area (Å²) in [6.07, 6.45) is 19.7. The summed E-state index contributed by atoms with van der Waals surface area (Å²) in [4.78, 5) is 8.05. The van der Waals surface area contributed by atoms with Crippen molar-refractivity contribution in [2.45, 2.75) is 51.0 Å². The van der Waals surface area contributed by atoms with Crippen LogP contribution in [-0.2, 0) is 0 Å². The van der Waals surface area contributed by atoms with E-state index in [1.54, 1.807) is 0 Å². The largest absolute Gasteiger partial charge is 0.341 e. The fourth-order valence-electron chi connectivity index (χ4n) is 8.80. The first-order chi connectivity index (χ1) is 24.3. The van der Waals surface area contributed by atoms with E-state index in [9.17, 15) is 0 Å². The van der Waals surface area contributed by atoms with E-state index >= 15 is 0 Å². The predicted molar refractivity (Wildman–Crippen MR) is 202 cm³/mol. The summed E-state index contributed by atoms with van der Waals surface area (Å²) >= 11 is 0. The molecule has 0 fully saturated rings. The third-order valence-electron chi connectivity index (χ3n) is 10.8. The molecule has 238 valence electrons. The van der Waals surface area contributed by atoms with Gasteiger partial charge in [-0.2, -0.15) is 0 Å². The maximum atomic E-state index is 5.26. The molecular formula is C45H38N4. The van der Waals surface area contributed by atoms with Gasteiger partial charge in [-0.3, -0.25) is 4.57 Å². The van der Waals surface area contributed by atoms with Crippen LogP contribution < -0.4 is 0 Å². The van der Waals surface area contributed by atoms with E-state index in [0.717, 1.165) is 54.6 Å². The molecule has 4 aliphatic rings. The first-order valence-electron chi connectivity index (χ1n) is 17.9. The van der Waals surface area contributed by atoms with Crippen LogP contribution in [0.2, 0.25) is 0 Å². The Bertz CT molecular complexity index is 2410. The maximum absolute atomic E-state index is 5.26. The van der Waals surface area contributed by atoms with Gasteiger partial charge in [-0.15, -0.1) is 0 Å². The van der Waals surface area contributed by atoms with Gasteiger partial charge in [-0.05, 0) is 93.0 Å². The van der Waals surface area contributed by atoms with E-state index < -0.39 is 0 Å². The lowest BCUT2D eigenvalue weighted by molar-refractivity contribution is 0.334. The molecule has 0 N–H and O–H groups in total. The van der Waals surface area contributed by atoms with Crippen LogP contribution >= 0.6 is 0 Å². The Kier molecular flexibility index (Phi) is 6.68. The van der Waals surface area contributed by atoms with Crippen molar-refractivity contribution in [2.75, 3.05) is 0 Å². The van der Waals surface area contributed by atoms with Crippen LogP contribution in [0.1, 0.15) is 62.0 Å². The Morgan fingerprint density at radius 3 is 2.16 bits per heavy atom. The van der Waals surface area contributed by atoms with E-state index in [1.807, 2.05) is 0 Å². The molecule has 3 heterocycles. The third-order valence-corrected chi connectivity index (χ3v) is 10.8. The van der Waals surface area contributed by atoms with Crippen LogP contribution in [-0.4, -0.2) is 25.1 Å². The minimum absolute atomic E-state index is 0.198. The van der Waals surface area contributed by atoms with Gasteiger partial charge in [-0.1, -0.05) is 97.1 Å². The van der Waals surface area contributed by atoms with Crippen LogP contribution in [0.3, 0.4) is 0 Å². The maximum Gasteiger partial charge on any atom is 0.145 e. The summed E-state index contributed by atoms with van der Waals surface area (Å²) in [6, 6.07) is 39.5. The molecule has 4 aromatic carbocycles. The molecule has 0 spiro atoms. The second-order valence-electron chi connectivity index (χ2n) is 13.6. The molecule has 10 rings (SSSR count). The molecule has 0 amide bonds. The molecule has 49 heavy (non-hydrogen) atoms. The average Bonchev–Trinajstić information content (AvgIpc) is 3.69. The lowest BCUT2D eigenvalue weighted by atomic mass is 9.88. The van der Waals surface area contributed by atoms with Gasteiger partial charge in [0.25, 0.3) is 0 Å². The highest BCUT2D eigenvalue weighted by Gasteiger charge is 2.37. The minimum Gasteiger partial charge on any atom is -0.341 e. The number of hydrogen-bond acceptors (Lipinski definition) is 2. The lowest BCUT2D eigenvalue weighted by Crippen LogP contribution is -2.35. The van der Waals surface area contributed by atoms with Crippen LogP contribution in [0.4, 0.5) is 0 Å². The highest BCUT2D eigenvalue weighted by molar-refractivity contribution is 6.03. The minimum atomic E-state index is 0.198. The summed E-state index contributed by atoms with van der Waals surface area (Å²) in [5, 5.41) is 1.36. The monoisotopic (exact) mass is 634 g/mol. The van der Waals surface area contributed by atoms with E-state index in [0.29, 0.717) is 0 Å². The number of rotatable bonds is 4. The van der Waals surface area contributed by atoms with Gasteiger partial charge in [0.1, 0.15) is 5.82 Å². The first-order valence-corrected chi connectivity index (χ1v) is 17.9. The number of benzene rings is 4. The quantitative estimate of drug-likeness (QED) is 0.193. The van der Waals surface area contributed by atoms with Gasteiger partial charge in [-0.25, -0.2) is 4.98 Å². The fourth-order valence-corrected chi connectivity index (χ4v) is 8.80. The van der Waals surface area contributed by atoms with E-state index in [4.69, 9.17) is 4.98 Å². The van der Waals surface area contributed by atoms with Crippen molar-refractivity contribution in [3.63, 3.8) is 0 Å². The van der Waals surface area contributed by atoms with Crippen molar-refractivity contribution in [2.24, 2.45) is 0 Å². The Labute approximate surface area is 287 Å². The molecule has 0 bridgehead atoms. The second kappa shape index (κ2) is 11.5. The molecular weight excluding hydrogens is 597 g/mol. The van der Waals surface area contributed by atoms with Crippen LogP contribution in [0.25, 0.3) is 50.0 Å². The van der Waals surface area contributed by atoms with Gasteiger partial charge in [0.2, 0.25) is 0 Å². The smallest absolute Gasteiger partial charge is 0.145 e. The molecule has 3 aliphatic carbocycles. The van der Waals surface area contributed by atoms with Crippen LogP contribution in [0.15, 0.2) is 151 Å². The zero-order valence-electron chi connectivity index (χ0n) is 27.6. The Balaban J connectivity index is 1.21. The number of fused-ring (bicyclic) bond motifs is 6. The highest BCUT2D eigenvalue weighted by Crippen LogP contribution is 2.51. The van der Waals surface area contributed by atoms with Crippen molar-refractivity contribution in [3.8, 4) is 11.4 Å². The first kappa shape index (κ1) is 28.4. The summed E-state index contributed by atoms with van der Waals surface area (Å²) in [5.74, 6) is 1.00. The number of para-hydroxylation sites is 5. The molecule has 0 saturated carbocycles. The van der Waals surface area contributed by atoms with Gasteiger partial charge < -0.3 is 9.47 Å². The molecule has 4 nitrogen and oxygen atoms in total. The summed E-state index contributed by atoms with van der Waals surface area (Å²) < 4.78 is 4.88. The molecule has 2 aromatic heterocycles. The van der Waals surface area contributed by atoms with Gasteiger partial charge >= 0.3 is 0 Å². The van der Waals surface area contributed by atoms with Crippen molar-refractivity contribution in [1.82, 2.24) is 19.0 Å². The van der Waals surface area contributed by atoms with E-state index in [2.05, 4.69) is 154 Å². The second-order valence-corrected chi connectivity index (χ2v) is 13.6.